The average molecular weight is 301 g/mol. The number of ether oxygens (including phenoxy) is 2. The van der Waals surface area contributed by atoms with Gasteiger partial charge in [-0.1, -0.05) is 24.3 Å². The minimum atomic E-state index is 0.186. The highest BCUT2D eigenvalue weighted by molar-refractivity contribution is 5.23. The molecular formula is C17H23N3O2. The van der Waals surface area contributed by atoms with E-state index in [1.54, 1.807) is 0 Å². The quantitative estimate of drug-likeness (QED) is 0.815. The van der Waals surface area contributed by atoms with Gasteiger partial charge in [0.25, 0.3) is 0 Å². The number of hydrogen-bond acceptors (Lipinski definition) is 4. The van der Waals surface area contributed by atoms with Crippen LogP contribution in [-0.4, -0.2) is 54.2 Å². The molecule has 0 spiro atoms. The van der Waals surface area contributed by atoms with E-state index < -0.39 is 0 Å². The number of nitrogens with zero attached hydrogens (tertiary/aromatic N) is 3. The van der Waals surface area contributed by atoms with Gasteiger partial charge in [0.2, 0.25) is 0 Å². The Morgan fingerprint density at radius 3 is 2.95 bits per heavy atom. The standard InChI is InChI=1S/C17H23N3O2/c1-19(13-17-14-21-8-9-22-17)11-15-4-2-5-16(10-15)12-20-7-3-6-18-20/h2-7,10,17H,8-9,11-14H2,1H3/t17-/m1/s1. The minimum Gasteiger partial charge on any atom is -0.376 e. The van der Waals surface area contributed by atoms with Crippen LogP contribution in [0.5, 0.6) is 0 Å². The second-order valence-corrected chi connectivity index (χ2v) is 5.79. The molecule has 22 heavy (non-hydrogen) atoms. The molecule has 0 bridgehead atoms. The lowest BCUT2D eigenvalue weighted by Crippen LogP contribution is -2.38. The van der Waals surface area contributed by atoms with Crippen molar-refractivity contribution in [3.8, 4) is 0 Å². The molecule has 0 unspecified atom stereocenters. The molecule has 1 aromatic heterocycles. The van der Waals surface area contributed by atoms with Crippen molar-refractivity contribution in [1.82, 2.24) is 14.7 Å². The second kappa shape index (κ2) is 7.54. The largest absolute Gasteiger partial charge is 0.376 e. The summed E-state index contributed by atoms with van der Waals surface area (Å²) in [6.07, 6.45) is 3.98. The predicted molar refractivity (Wildman–Crippen MR) is 84.7 cm³/mol. The third kappa shape index (κ3) is 4.40. The van der Waals surface area contributed by atoms with E-state index in [2.05, 4.69) is 41.3 Å². The van der Waals surface area contributed by atoms with Crippen molar-refractivity contribution < 1.29 is 9.47 Å². The van der Waals surface area contributed by atoms with Crippen LogP contribution in [0.1, 0.15) is 11.1 Å². The van der Waals surface area contributed by atoms with Gasteiger partial charge in [0.15, 0.2) is 0 Å². The number of aromatic nitrogens is 2. The summed E-state index contributed by atoms with van der Waals surface area (Å²) in [5.74, 6) is 0. The Morgan fingerprint density at radius 1 is 1.27 bits per heavy atom. The smallest absolute Gasteiger partial charge is 0.0936 e. The molecule has 0 amide bonds. The molecule has 1 aliphatic heterocycles. The van der Waals surface area contributed by atoms with Crippen molar-refractivity contribution in [1.29, 1.82) is 0 Å². The summed E-state index contributed by atoms with van der Waals surface area (Å²) >= 11 is 0. The van der Waals surface area contributed by atoms with Gasteiger partial charge in [-0.05, 0) is 24.2 Å². The topological polar surface area (TPSA) is 39.5 Å². The van der Waals surface area contributed by atoms with Crippen molar-refractivity contribution in [3.63, 3.8) is 0 Å². The zero-order valence-electron chi connectivity index (χ0n) is 13.0. The highest BCUT2D eigenvalue weighted by Crippen LogP contribution is 2.10. The van der Waals surface area contributed by atoms with Gasteiger partial charge < -0.3 is 9.47 Å². The molecule has 2 aromatic rings. The zero-order valence-corrected chi connectivity index (χ0v) is 13.0. The van der Waals surface area contributed by atoms with Gasteiger partial charge >= 0.3 is 0 Å². The first-order chi connectivity index (χ1) is 10.8. The molecule has 0 radical (unpaired) electrons. The molecular weight excluding hydrogens is 278 g/mol. The third-order valence-corrected chi connectivity index (χ3v) is 3.75. The van der Waals surface area contributed by atoms with E-state index in [1.807, 2.05) is 23.1 Å². The van der Waals surface area contributed by atoms with Crippen LogP contribution in [-0.2, 0) is 22.6 Å². The van der Waals surface area contributed by atoms with Crippen molar-refractivity contribution in [2.75, 3.05) is 33.4 Å². The van der Waals surface area contributed by atoms with E-state index in [-0.39, 0.29) is 6.10 Å². The fraction of sp³-hybridized carbons (Fsp3) is 0.471. The molecule has 5 heteroatoms. The Balaban J connectivity index is 1.55. The molecule has 0 saturated carbocycles. The van der Waals surface area contributed by atoms with Gasteiger partial charge in [0.05, 0.1) is 32.5 Å². The number of hydrogen-bond donors (Lipinski definition) is 0. The molecule has 1 atom stereocenters. The highest BCUT2D eigenvalue weighted by atomic mass is 16.6. The second-order valence-electron chi connectivity index (χ2n) is 5.79. The Hall–Kier alpha value is -1.69. The van der Waals surface area contributed by atoms with Crippen LogP contribution in [0.15, 0.2) is 42.7 Å². The lowest BCUT2D eigenvalue weighted by Gasteiger charge is -2.27. The maximum Gasteiger partial charge on any atom is 0.0936 e. The average Bonchev–Trinajstić information content (AvgIpc) is 3.01. The normalized spacial score (nSPS) is 18.7. The van der Waals surface area contributed by atoms with Gasteiger partial charge in [-0.15, -0.1) is 0 Å². The lowest BCUT2D eigenvalue weighted by molar-refractivity contribution is -0.0962. The Kier molecular flexibility index (Phi) is 5.21. The molecule has 1 saturated heterocycles. The first kappa shape index (κ1) is 15.2. The Morgan fingerprint density at radius 2 is 2.18 bits per heavy atom. The van der Waals surface area contributed by atoms with Crippen LogP contribution in [0, 0.1) is 0 Å². The van der Waals surface area contributed by atoms with Crippen LogP contribution in [0.4, 0.5) is 0 Å². The van der Waals surface area contributed by atoms with Gasteiger partial charge in [-0.3, -0.25) is 9.58 Å². The van der Waals surface area contributed by atoms with Crippen LogP contribution >= 0.6 is 0 Å². The van der Waals surface area contributed by atoms with Crippen molar-refractivity contribution in [2.45, 2.75) is 19.2 Å². The number of likely N-dealkylation sites (N-methyl/N-ethyl adjacent to an activating group) is 1. The van der Waals surface area contributed by atoms with Gasteiger partial charge in [0.1, 0.15) is 0 Å². The number of benzene rings is 1. The summed E-state index contributed by atoms with van der Waals surface area (Å²) in [4.78, 5) is 2.28. The van der Waals surface area contributed by atoms with E-state index in [0.717, 1.165) is 26.2 Å². The molecule has 1 aliphatic rings. The molecule has 1 aromatic carbocycles. The summed E-state index contributed by atoms with van der Waals surface area (Å²) in [6, 6.07) is 10.6. The summed E-state index contributed by atoms with van der Waals surface area (Å²) < 4.78 is 13.1. The summed E-state index contributed by atoms with van der Waals surface area (Å²) in [5, 5.41) is 4.26. The molecule has 0 N–H and O–H groups in total. The molecule has 118 valence electrons. The first-order valence-electron chi connectivity index (χ1n) is 7.73. The monoisotopic (exact) mass is 301 g/mol. The third-order valence-electron chi connectivity index (χ3n) is 3.75. The van der Waals surface area contributed by atoms with Crippen LogP contribution in [0.2, 0.25) is 0 Å². The minimum absolute atomic E-state index is 0.186. The molecule has 5 nitrogen and oxygen atoms in total. The maximum absolute atomic E-state index is 5.70. The summed E-state index contributed by atoms with van der Waals surface area (Å²) in [6.45, 7) is 4.73. The SMILES string of the molecule is CN(Cc1cccc(Cn2cccn2)c1)C[C@@H]1COCCO1. The van der Waals surface area contributed by atoms with Crippen molar-refractivity contribution in [2.24, 2.45) is 0 Å². The van der Waals surface area contributed by atoms with Gasteiger partial charge in [0, 0.05) is 25.5 Å². The zero-order chi connectivity index (χ0) is 15.2. The first-order valence-corrected chi connectivity index (χ1v) is 7.73. The Bertz CT molecular complexity index is 565. The van der Waals surface area contributed by atoms with E-state index >= 15 is 0 Å². The van der Waals surface area contributed by atoms with Crippen molar-refractivity contribution in [3.05, 3.63) is 53.9 Å². The number of rotatable bonds is 6. The van der Waals surface area contributed by atoms with Crippen molar-refractivity contribution >= 4 is 0 Å². The maximum atomic E-state index is 5.70. The van der Waals surface area contributed by atoms with Crippen LogP contribution < -0.4 is 0 Å². The fourth-order valence-corrected chi connectivity index (χ4v) is 2.77. The molecule has 0 aliphatic carbocycles. The highest BCUT2D eigenvalue weighted by Gasteiger charge is 2.16. The van der Waals surface area contributed by atoms with Gasteiger partial charge in [-0.2, -0.15) is 5.10 Å². The fourth-order valence-electron chi connectivity index (χ4n) is 2.77. The van der Waals surface area contributed by atoms with E-state index in [1.165, 1.54) is 11.1 Å². The van der Waals surface area contributed by atoms with E-state index in [9.17, 15) is 0 Å². The predicted octanol–water partition coefficient (Wildman–Crippen LogP) is 1.78. The summed E-state index contributed by atoms with van der Waals surface area (Å²) in [5.41, 5.74) is 2.58. The van der Waals surface area contributed by atoms with Gasteiger partial charge in [-0.25, -0.2) is 0 Å². The Labute approximate surface area is 131 Å². The summed E-state index contributed by atoms with van der Waals surface area (Å²) in [7, 11) is 2.12. The van der Waals surface area contributed by atoms with Crippen LogP contribution in [0.3, 0.4) is 0 Å². The molecule has 1 fully saturated rings. The van der Waals surface area contributed by atoms with E-state index in [4.69, 9.17) is 9.47 Å². The molecule has 3 rings (SSSR count). The lowest BCUT2D eigenvalue weighted by atomic mass is 10.1. The van der Waals surface area contributed by atoms with E-state index in [0.29, 0.717) is 13.2 Å². The molecule has 2 heterocycles. The van der Waals surface area contributed by atoms with Crippen LogP contribution in [0.25, 0.3) is 0 Å².